The molecule has 7 heteroatoms. The van der Waals surface area contributed by atoms with Crippen molar-refractivity contribution in [1.29, 1.82) is 0 Å². The van der Waals surface area contributed by atoms with Gasteiger partial charge in [0, 0.05) is 12.5 Å². The summed E-state index contributed by atoms with van der Waals surface area (Å²) in [5.41, 5.74) is 1.37. The van der Waals surface area contributed by atoms with Crippen LogP contribution in [0, 0.1) is 41.3 Å². The van der Waals surface area contributed by atoms with E-state index in [0.29, 0.717) is 11.8 Å². The Balaban J connectivity index is 1.18. The Morgan fingerprint density at radius 2 is 1.75 bits per heavy atom. The Morgan fingerprint density at radius 3 is 2.50 bits per heavy atom. The number of hydrogen-bond acceptors (Lipinski definition) is 6. The zero-order chi connectivity index (χ0) is 28.6. The van der Waals surface area contributed by atoms with Crippen molar-refractivity contribution in [2.75, 3.05) is 7.11 Å². The first-order chi connectivity index (χ1) is 18.9. The van der Waals surface area contributed by atoms with Gasteiger partial charge in [0.1, 0.15) is 24.1 Å². The summed E-state index contributed by atoms with van der Waals surface area (Å²) in [5.74, 6) is 1.21. The number of hydrogen-bond donors (Lipinski definition) is 3. The van der Waals surface area contributed by atoms with Crippen LogP contribution in [-0.2, 0) is 14.2 Å². The second kappa shape index (κ2) is 10.3. The van der Waals surface area contributed by atoms with E-state index < -0.39 is 36.3 Å². The Morgan fingerprint density at radius 1 is 0.975 bits per heavy atom. The lowest BCUT2D eigenvalue weighted by Crippen LogP contribution is -2.62. The number of aliphatic hydroxyl groups is 3. The van der Waals surface area contributed by atoms with Crippen LogP contribution in [0.25, 0.3) is 0 Å². The minimum absolute atomic E-state index is 0.0158. The third-order valence-electron chi connectivity index (χ3n) is 12.8. The van der Waals surface area contributed by atoms with Crippen molar-refractivity contribution < 1.29 is 33.9 Å². The molecule has 6 nitrogen and oxygen atoms in total. The molecular weight excluding hydrogens is 511 g/mol. The van der Waals surface area contributed by atoms with Crippen LogP contribution >= 0.6 is 0 Å². The van der Waals surface area contributed by atoms with Gasteiger partial charge in [0.25, 0.3) is 0 Å². The van der Waals surface area contributed by atoms with E-state index in [1.807, 2.05) is 6.07 Å². The van der Waals surface area contributed by atoms with E-state index in [0.717, 1.165) is 68.9 Å². The maximum atomic E-state index is 14.3. The summed E-state index contributed by atoms with van der Waals surface area (Å²) in [7, 11) is 1.49. The van der Waals surface area contributed by atoms with Crippen molar-refractivity contribution in [3.63, 3.8) is 0 Å². The molecule has 0 unspecified atom stereocenters. The first-order valence-corrected chi connectivity index (χ1v) is 15.6. The number of fused-ring (bicyclic) bond motifs is 5. The highest BCUT2D eigenvalue weighted by Crippen LogP contribution is 2.70. The van der Waals surface area contributed by atoms with Gasteiger partial charge in [-0.25, -0.2) is 4.39 Å². The monoisotopic (exact) mass is 560 g/mol. The largest absolute Gasteiger partial charge is 0.389 e. The highest BCUT2D eigenvalue weighted by Gasteiger charge is 2.67. The minimum Gasteiger partial charge on any atom is -0.389 e. The van der Waals surface area contributed by atoms with Crippen LogP contribution in [0.1, 0.15) is 95.6 Å². The van der Waals surface area contributed by atoms with Crippen LogP contribution in [0.4, 0.5) is 4.39 Å². The summed E-state index contributed by atoms with van der Waals surface area (Å²) in [6.07, 6.45) is 4.69. The molecule has 224 valence electrons. The number of aryl methyl sites for hydroxylation is 1. The molecule has 1 aromatic rings. The molecule has 0 amide bonds. The lowest BCUT2D eigenvalue weighted by Gasteiger charge is -2.64. The SMILES string of the molecule is CO[C@H]1[C@H](O)[C@H](O[C@H]2CC[C@@]3(C)[C@H](CC[C@@H]4[C@@H]3CC[C@]3(C)[C@@H](c5cc(F)ccc5C)CC[C@]43O)C2)O[C@@H](C)[C@@H]1O. The van der Waals surface area contributed by atoms with Gasteiger partial charge >= 0.3 is 0 Å². The molecule has 1 saturated heterocycles. The molecule has 1 aromatic carbocycles. The fraction of sp³-hybridized carbons (Fsp3) is 0.818. The summed E-state index contributed by atoms with van der Waals surface area (Å²) in [6, 6.07) is 5.15. The lowest BCUT2D eigenvalue weighted by molar-refractivity contribution is -0.313. The molecule has 1 aliphatic heterocycles. The second-order valence-electron chi connectivity index (χ2n) is 14.4. The summed E-state index contributed by atoms with van der Waals surface area (Å²) >= 11 is 0. The Hall–Kier alpha value is -1.09. The predicted molar refractivity (Wildman–Crippen MR) is 149 cm³/mol. The van der Waals surface area contributed by atoms with E-state index >= 15 is 0 Å². The van der Waals surface area contributed by atoms with Gasteiger partial charge in [-0.05, 0) is 124 Å². The summed E-state index contributed by atoms with van der Waals surface area (Å²) < 4.78 is 31.9. The van der Waals surface area contributed by atoms with Crippen LogP contribution < -0.4 is 0 Å². The molecule has 0 aromatic heterocycles. The molecular formula is C33H49FO6. The Bertz CT molecular complexity index is 1100. The zero-order valence-corrected chi connectivity index (χ0v) is 24.8. The van der Waals surface area contributed by atoms with E-state index in [2.05, 4.69) is 20.8 Å². The summed E-state index contributed by atoms with van der Waals surface area (Å²) in [4.78, 5) is 0. The quantitative estimate of drug-likeness (QED) is 0.437. The molecule has 5 fully saturated rings. The van der Waals surface area contributed by atoms with Gasteiger partial charge in [0.05, 0.1) is 17.8 Å². The predicted octanol–water partition coefficient (Wildman–Crippen LogP) is 5.24. The third kappa shape index (κ3) is 4.24. The highest BCUT2D eigenvalue weighted by molar-refractivity contribution is 5.35. The standard InChI is InChI=1S/C33H49FO6/c1-18-6-8-21(34)17-23(18)24-12-15-33(37)26-9-7-20-16-22(10-13-31(20,3)25(26)11-14-32(24,33)4)40-30-28(36)29(38-5)27(35)19(2)39-30/h6,8,17,19-20,22,24-30,35-37H,7,9-16H2,1-5H3/t19-,20+,22-,24+,25-,26+,27-,28-,29+,30-,31-,32+,33-/m0/s1. The van der Waals surface area contributed by atoms with E-state index in [4.69, 9.17) is 14.2 Å². The average molecular weight is 561 g/mol. The van der Waals surface area contributed by atoms with E-state index in [1.54, 1.807) is 19.1 Å². The summed E-state index contributed by atoms with van der Waals surface area (Å²) in [5, 5.41) is 33.7. The van der Waals surface area contributed by atoms with Crippen molar-refractivity contribution in [3.05, 3.63) is 35.1 Å². The van der Waals surface area contributed by atoms with Crippen LogP contribution in [0.2, 0.25) is 0 Å². The number of ether oxygens (including phenoxy) is 3. The van der Waals surface area contributed by atoms with Gasteiger partial charge in [-0.3, -0.25) is 0 Å². The van der Waals surface area contributed by atoms with Gasteiger partial charge in [0.15, 0.2) is 6.29 Å². The maximum Gasteiger partial charge on any atom is 0.186 e. The molecule has 0 radical (unpaired) electrons. The van der Waals surface area contributed by atoms with Crippen molar-refractivity contribution >= 4 is 0 Å². The van der Waals surface area contributed by atoms with Crippen LogP contribution in [0.15, 0.2) is 18.2 Å². The smallest absolute Gasteiger partial charge is 0.186 e. The summed E-state index contributed by atoms with van der Waals surface area (Å²) in [6.45, 7) is 8.59. The van der Waals surface area contributed by atoms with Crippen molar-refractivity contribution in [2.45, 2.75) is 134 Å². The highest BCUT2D eigenvalue weighted by atomic mass is 19.1. The fourth-order valence-electron chi connectivity index (χ4n) is 10.4. The number of methoxy groups -OCH3 is 1. The van der Waals surface area contributed by atoms with Crippen LogP contribution in [0.3, 0.4) is 0 Å². The fourth-order valence-corrected chi connectivity index (χ4v) is 10.4. The molecule has 1 heterocycles. The van der Waals surface area contributed by atoms with Crippen LogP contribution in [0.5, 0.6) is 0 Å². The molecule has 5 aliphatic rings. The molecule has 0 spiro atoms. The van der Waals surface area contributed by atoms with Crippen molar-refractivity contribution in [3.8, 4) is 0 Å². The van der Waals surface area contributed by atoms with Crippen molar-refractivity contribution in [2.24, 2.45) is 28.6 Å². The van der Waals surface area contributed by atoms with Gasteiger partial charge in [-0.15, -0.1) is 0 Å². The van der Waals surface area contributed by atoms with E-state index in [-0.39, 0.29) is 34.6 Å². The Kier molecular flexibility index (Phi) is 7.45. The lowest BCUT2D eigenvalue weighted by atomic mass is 9.43. The number of halogens is 1. The molecule has 13 atom stereocenters. The molecule has 4 aliphatic carbocycles. The number of aliphatic hydroxyl groups excluding tert-OH is 2. The minimum atomic E-state index is -1.04. The van der Waals surface area contributed by atoms with Gasteiger partial charge in [0.2, 0.25) is 0 Å². The normalized spacial score (nSPS) is 50.6. The third-order valence-corrected chi connectivity index (χ3v) is 12.8. The van der Waals surface area contributed by atoms with Gasteiger partial charge < -0.3 is 29.5 Å². The van der Waals surface area contributed by atoms with Gasteiger partial charge in [-0.1, -0.05) is 19.9 Å². The van der Waals surface area contributed by atoms with Gasteiger partial charge in [-0.2, -0.15) is 0 Å². The van der Waals surface area contributed by atoms with Crippen LogP contribution in [-0.4, -0.2) is 64.8 Å². The molecule has 3 N–H and O–H groups in total. The molecule has 4 saturated carbocycles. The second-order valence-corrected chi connectivity index (χ2v) is 14.4. The van der Waals surface area contributed by atoms with Crippen molar-refractivity contribution in [1.82, 2.24) is 0 Å². The van der Waals surface area contributed by atoms with E-state index in [1.165, 1.54) is 7.11 Å². The number of benzene rings is 1. The molecule has 0 bridgehead atoms. The maximum absolute atomic E-state index is 14.3. The first kappa shape index (κ1) is 29.0. The molecule has 40 heavy (non-hydrogen) atoms. The van der Waals surface area contributed by atoms with E-state index in [9.17, 15) is 19.7 Å². The topological polar surface area (TPSA) is 88.4 Å². The number of rotatable bonds is 4. The first-order valence-electron chi connectivity index (χ1n) is 15.6. The zero-order valence-electron chi connectivity index (χ0n) is 24.8. The molecule has 6 rings (SSSR count). The average Bonchev–Trinajstić information content (AvgIpc) is 3.20. The Labute approximate surface area is 238 Å².